The number of aryl methyl sites for hydroxylation is 2. The summed E-state index contributed by atoms with van der Waals surface area (Å²) < 4.78 is 5.10. The number of carbonyl (C=O) groups excluding carboxylic acids is 1. The SMILES string of the molecule is COCCC[C@H]1CCCN(C(=O)CCc2n[nH]c(C)n2)C1. The lowest BCUT2D eigenvalue weighted by atomic mass is 9.93. The minimum absolute atomic E-state index is 0.230. The standard InChI is InChI=1S/C15H26N4O2/c1-12-16-14(18-17-12)7-8-15(20)19-9-3-5-13(11-19)6-4-10-21-2/h13H,3-11H2,1-2H3,(H,16,17,18)/t13-/m1/s1. The molecule has 2 heterocycles. The van der Waals surface area contributed by atoms with Crippen molar-refractivity contribution in [1.29, 1.82) is 0 Å². The van der Waals surface area contributed by atoms with Gasteiger partial charge in [0.15, 0.2) is 5.82 Å². The van der Waals surface area contributed by atoms with E-state index in [4.69, 9.17) is 4.74 Å². The number of carbonyl (C=O) groups is 1. The van der Waals surface area contributed by atoms with Gasteiger partial charge in [0.25, 0.3) is 0 Å². The van der Waals surface area contributed by atoms with Crippen LogP contribution in [0.2, 0.25) is 0 Å². The molecule has 6 nitrogen and oxygen atoms in total. The van der Waals surface area contributed by atoms with Crippen molar-refractivity contribution in [3.63, 3.8) is 0 Å². The molecule has 1 atom stereocenters. The number of hydrogen-bond donors (Lipinski definition) is 1. The Morgan fingerprint density at radius 2 is 2.38 bits per heavy atom. The van der Waals surface area contributed by atoms with E-state index in [-0.39, 0.29) is 5.91 Å². The minimum Gasteiger partial charge on any atom is -0.385 e. The van der Waals surface area contributed by atoms with E-state index in [0.717, 1.165) is 50.6 Å². The monoisotopic (exact) mass is 294 g/mol. The number of hydrogen-bond acceptors (Lipinski definition) is 4. The van der Waals surface area contributed by atoms with Gasteiger partial charge < -0.3 is 9.64 Å². The second-order valence-electron chi connectivity index (χ2n) is 5.82. The summed E-state index contributed by atoms with van der Waals surface area (Å²) in [6, 6.07) is 0. The van der Waals surface area contributed by atoms with E-state index >= 15 is 0 Å². The van der Waals surface area contributed by atoms with Gasteiger partial charge in [0.2, 0.25) is 5.91 Å². The summed E-state index contributed by atoms with van der Waals surface area (Å²) in [6.07, 6.45) is 5.70. The summed E-state index contributed by atoms with van der Waals surface area (Å²) in [4.78, 5) is 18.5. The van der Waals surface area contributed by atoms with Crippen LogP contribution < -0.4 is 0 Å². The molecule has 2 rings (SSSR count). The molecule has 0 aromatic carbocycles. The number of aromatic amines is 1. The molecule has 118 valence electrons. The van der Waals surface area contributed by atoms with Crippen LogP contribution in [-0.4, -0.2) is 52.8 Å². The summed E-state index contributed by atoms with van der Waals surface area (Å²) in [6.45, 7) is 4.48. The van der Waals surface area contributed by atoms with E-state index in [0.29, 0.717) is 18.8 Å². The number of likely N-dealkylation sites (tertiary alicyclic amines) is 1. The molecule has 21 heavy (non-hydrogen) atoms. The second kappa shape index (κ2) is 8.12. The Balaban J connectivity index is 1.73. The van der Waals surface area contributed by atoms with Crippen molar-refractivity contribution in [1.82, 2.24) is 20.1 Å². The predicted octanol–water partition coefficient (Wildman–Crippen LogP) is 1.71. The van der Waals surface area contributed by atoms with Crippen molar-refractivity contribution < 1.29 is 9.53 Å². The minimum atomic E-state index is 0.230. The molecule has 1 aromatic heterocycles. The van der Waals surface area contributed by atoms with Crippen molar-refractivity contribution in [3.05, 3.63) is 11.6 Å². The zero-order valence-corrected chi connectivity index (χ0v) is 13.1. The molecule has 6 heteroatoms. The van der Waals surface area contributed by atoms with E-state index in [1.54, 1.807) is 7.11 Å². The molecule has 0 unspecified atom stereocenters. The van der Waals surface area contributed by atoms with Crippen LogP contribution in [0, 0.1) is 12.8 Å². The van der Waals surface area contributed by atoms with Gasteiger partial charge in [-0.3, -0.25) is 9.89 Å². The Morgan fingerprint density at radius 1 is 1.52 bits per heavy atom. The molecule has 1 amide bonds. The average molecular weight is 294 g/mol. The number of nitrogens with one attached hydrogen (secondary N) is 1. The van der Waals surface area contributed by atoms with Gasteiger partial charge in [0.1, 0.15) is 5.82 Å². The molecule has 0 bridgehead atoms. The van der Waals surface area contributed by atoms with Gasteiger partial charge in [-0.1, -0.05) is 0 Å². The highest BCUT2D eigenvalue weighted by atomic mass is 16.5. The van der Waals surface area contributed by atoms with E-state index in [1.165, 1.54) is 6.42 Å². The summed E-state index contributed by atoms with van der Waals surface area (Å²) in [5.41, 5.74) is 0. The fourth-order valence-corrected chi connectivity index (χ4v) is 2.92. The van der Waals surface area contributed by atoms with Gasteiger partial charge in [-0.05, 0) is 38.5 Å². The molecule has 1 saturated heterocycles. The topological polar surface area (TPSA) is 71.1 Å². The lowest BCUT2D eigenvalue weighted by Crippen LogP contribution is -2.40. The maximum absolute atomic E-state index is 12.3. The molecule has 0 radical (unpaired) electrons. The van der Waals surface area contributed by atoms with Crippen LogP contribution in [0.5, 0.6) is 0 Å². The van der Waals surface area contributed by atoms with E-state index < -0.39 is 0 Å². The van der Waals surface area contributed by atoms with Crippen LogP contribution in [0.25, 0.3) is 0 Å². The quantitative estimate of drug-likeness (QED) is 0.777. The van der Waals surface area contributed by atoms with Crippen molar-refractivity contribution in [3.8, 4) is 0 Å². The van der Waals surface area contributed by atoms with Crippen LogP contribution in [0.1, 0.15) is 43.8 Å². The first-order valence-electron chi connectivity index (χ1n) is 7.83. The first-order valence-corrected chi connectivity index (χ1v) is 7.83. The van der Waals surface area contributed by atoms with Crippen molar-refractivity contribution in [2.75, 3.05) is 26.8 Å². The smallest absolute Gasteiger partial charge is 0.223 e. The highest BCUT2D eigenvalue weighted by Gasteiger charge is 2.23. The summed E-state index contributed by atoms with van der Waals surface area (Å²) >= 11 is 0. The highest BCUT2D eigenvalue weighted by molar-refractivity contribution is 5.76. The van der Waals surface area contributed by atoms with E-state index in [1.807, 2.05) is 11.8 Å². The molecule has 0 spiro atoms. The van der Waals surface area contributed by atoms with Gasteiger partial charge in [-0.2, -0.15) is 5.10 Å². The molecule has 1 aliphatic rings. The van der Waals surface area contributed by atoms with Crippen molar-refractivity contribution in [2.45, 2.75) is 45.4 Å². The van der Waals surface area contributed by atoms with Crippen LogP contribution in [0.4, 0.5) is 0 Å². The van der Waals surface area contributed by atoms with Crippen LogP contribution in [-0.2, 0) is 16.0 Å². The van der Waals surface area contributed by atoms with Crippen LogP contribution in [0.15, 0.2) is 0 Å². The maximum atomic E-state index is 12.3. The largest absolute Gasteiger partial charge is 0.385 e. The van der Waals surface area contributed by atoms with E-state index in [2.05, 4.69) is 15.2 Å². The van der Waals surface area contributed by atoms with Gasteiger partial charge in [-0.15, -0.1) is 0 Å². The summed E-state index contributed by atoms with van der Waals surface area (Å²) in [5, 5.41) is 6.89. The maximum Gasteiger partial charge on any atom is 0.223 e. The molecule has 1 aromatic rings. The summed E-state index contributed by atoms with van der Waals surface area (Å²) in [7, 11) is 1.74. The highest BCUT2D eigenvalue weighted by Crippen LogP contribution is 2.21. The fourth-order valence-electron chi connectivity index (χ4n) is 2.92. The second-order valence-corrected chi connectivity index (χ2v) is 5.82. The Hall–Kier alpha value is -1.43. The molecular weight excluding hydrogens is 268 g/mol. The average Bonchev–Trinajstić information content (AvgIpc) is 2.91. The number of ether oxygens (including phenoxy) is 1. The van der Waals surface area contributed by atoms with Gasteiger partial charge >= 0.3 is 0 Å². The third kappa shape index (κ3) is 5.12. The zero-order valence-electron chi connectivity index (χ0n) is 13.1. The lowest BCUT2D eigenvalue weighted by Gasteiger charge is -2.33. The van der Waals surface area contributed by atoms with E-state index in [9.17, 15) is 4.79 Å². The van der Waals surface area contributed by atoms with Crippen LogP contribution >= 0.6 is 0 Å². The van der Waals surface area contributed by atoms with Gasteiger partial charge in [0.05, 0.1) is 0 Å². The number of H-pyrrole nitrogens is 1. The molecular formula is C15H26N4O2. The van der Waals surface area contributed by atoms with Crippen molar-refractivity contribution >= 4 is 5.91 Å². The summed E-state index contributed by atoms with van der Waals surface area (Å²) in [5.74, 6) is 2.39. The Kier molecular flexibility index (Phi) is 6.17. The molecule has 1 N–H and O–H groups in total. The van der Waals surface area contributed by atoms with Gasteiger partial charge in [0, 0.05) is 39.6 Å². The lowest BCUT2D eigenvalue weighted by molar-refractivity contribution is -0.133. The zero-order chi connectivity index (χ0) is 15.1. The number of nitrogens with zero attached hydrogens (tertiary/aromatic N) is 3. The third-order valence-corrected chi connectivity index (χ3v) is 4.04. The number of aromatic nitrogens is 3. The number of amides is 1. The number of piperidine rings is 1. The number of rotatable bonds is 7. The fraction of sp³-hybridized carbons (Fsp3) is 0.800. The third-order valence-electron chi connectivity index (χ3n) is 4.04. The van der Waals surface area contributed by atoms with Gasteiger partial charge in [-0.25, -0.2) is 4.98 Å². The first kappa shape index (κ1) is 15.9. The molecule has 0 aliphatic carbocycles. The normalized spacial score (nSPS) is 19.0. The number of methoxy groups -OCH3 is 1. The molecule has 1 fully saturated rings. The predicted molar refractivity (Wildman–Crippen MR) is 79.9 cm³/mol. The Bertz CT molecular complexity index is 447. The van der Waals surface area contributed by atoms with Crippen molar-refractivity contribution in [2.24, 2.45) is 5.92 Å². The first-order chi connectivity index (χ1) is 10.2. The van der Waals surface area contributed by atoms with Crippen LogP contribution in [0.3, 0.4) is 0 Å². The molecule has 0 saturated carbocycles. The Labute approximate surface area is 126 Å². The molecule has 1 aliphatic heterocycles. The Morgan fingerprint density at radius 3 is 3.10 bits per heavy atom.